The first-order valence-electron chi connectivity index (χ1n) is 9.83. The molecule has 6 heteroatoms. The Morgan fingerprint density at radius 3 is 2.33 bits per heavy atom. The molecule has 0 saturated heterocycles. The van der Waals surface area contributed by atoms with Crippen molar-refractivity contribution in [2.45, 2.75) is 26.2 Å². The summed E-state index contributed by atoms with van der Waals surface area (Å²) in [5, 5.41) is 14.7. The third-order valence-corrected chi connectivity index (χ3v) is 5.30. The second-order valence-electron chi connectivity index (χ2n) is 6.76. The molecule has 3 rings (SSSR count). The third kappa shape index (κ3) is 6.13. The number of nitrogens with one attached hydrogen (secondary N) is 1. The molecule has 158 valence electrons. The summed E-state index contributed by atoms with van der Waals surface area (Å²) < 4.78 is 11.7. The first kappa shape index (κ1) is 22.4. The fraction of sp³-hybridized carbons (Fsp3) is 0.250. The van der Waals surface area contributed by atoms with Gasteiger partial charge >= 0.3 is 0 Å². The van der Waals surface area contributed by atoms with E-state index >= 15 is 0 Å². The highest BCUT2D eigenvalue weighted by Crippen LogP contribution is 2.31. The lowest BCUT2D eigenvalue weighted by molar-refractivity contribution is 0.174. The van der Waals surface area contributed by atoms with Crippen LogP contribution in [0.2, 0.25) is 10.0 Å². The smallest absolute Gasteiger partial charge is 0.161 e. The largest absolute Gasteiger partial charge is 0.490 e. The molecule has 0 fully saturated rings. The van der Waals surface area contributed by atoms with E-state index in [-0.39, 0.29) is 6.61 Å². The van der Waals surface area contributed by atoms with Crippen molar-refractivity contribution < 1.29 is 14.6 Å². The molecule has 0 aromatic heterocycles. The second-order valence-corrected chi connectivity index (χ2v) is 7.57. The molecule has 2 N–H and O–H groups in total. The minimum absolute atomic E-state index is 0.249. The number of halogens is 2. The number of hydrogen-bond donors (Lipinski definition) is 2. The molecule has 0 unspecified atom stereocenters. The number of aliphatic hydroxyl groups excluding tert-OH is 1. The molecule has 3 aromatic carbocycles. The monoisotopic (exact) mass is 445 g/mol. The highest BCUT2D eigenvalue weighted by molar-refractivity contribution is 6.35. The van der Waals surface area contributed by atoms with Gasteiger partial charge in [-0.05, 0) is 42.3 Å². The van der Waals surface area contributed by atoms with Gasteiger partial charge in [-0.2, -0.15) is 0 Å². The van der Waals surface area contributed by atoms with Gasteiger partial charge in [0.25, 0.3) is 0 Å². The van der Waals surface area contributed by atoms with Crippen molar-refractivity contribution in [3.05, 3.63) is 93.5 Å². The Labute approximate surface area is 187 Å². The number of ether oxygens (including phenoxy) is 2. The topological polar surface area (TPSA) is 50.7 Å². The van der Waals surface area contributed by atoms with Crippen LogP contribution in [-0.4, -0.2) is 18.3 Å². The summed E-state index contributed by atoms with van der Waals surface area (Å²) in [6.07, 6.45) is -0.555. The van der Waals surface area contributed by atoms with Crippen molar-refractivity contribution in [1.29, 1.82) is 0 Å². The summed E-state index contributed by atoms with van der Waals surface area (Å²) >= 11 is 12.4. The average Bonchev–Trinajstić information content (AvgIpc) is 2.75. The van der Waals surface area contributed by atoms with Crippen LogP contribution in [0.25, 0.3) is 0 Å². The first-order valence-corrected chi connectivity index (χ1v) is 10.6. The standard InChI is InChI=1S/C24H25Cl2NO3/c1-2-29-24-13-17(14-27-15-22(28)18-7-4-3-5-8-18)11-12-23(24)30-16-19-20(25)9-6-10-21(19)26/h3-13,22,27-28H,2,14-16H2,1H3/t22-/m0/s1. The molecule has 0 aliphatic carbocycles. The van der Waals surface area contributed by atoms with Crippen LogP contribution in [0.4, 0.5) is 0 Å². The Balaban J connectivity index is 1.61. The van der Waals surface area contributed by atoms with E-state index < -0.39 is 6.10 Å². The predicted molar refractivity (Wildman–Crippen MR) is 122 cm³/mol. The van der Waals surface area contributed by atoms with Crippen molar-refractivity contribution >= 4 is 23.2 Å². The van der Waals surface area contributed by atoms with Crippen LogP contribution in [0.3, 0.4) is 0 Å². The highest BCUT2D eigenvalue weighted by Gasteiger charge is 2.11. The van der Waals surface area contributed by atoms with Gasteiger partial charge < -0.3 is 19.9 Å². The van der Waals surface area contributed by atoms with E-state index in [9.17, 15) is 5.11 Å². The zero-order valence-electron chi connectivity index (χ0n) is 16.8. The van der Waals surface area contributed by atoms with E-state index in [1.165, 1.54) is 0 Å². The zero-order chi connectivity index (χ0) is 21.3. The lowest BCUT2D eigenvalue weighted by Crippen LogP contribution is -2.21. The van der Waals surface area contributed by atoms with Crippen molar-refractivity contribution in [1.82, 2.24) is 5.32 Å². The Morgan fingerprint density at radius 2 is 1.63 bits per heavy atom. The van der Waals surface area contributed by atoms with Crippen molar-refractivity contribution in [2.24, 2.45) is 0 Å². The van der Waals surface area contributed by atoms with Gasteiger partial charge in [0.15, 0.2) is 11.5 Å². The Hall–Kier alpha value is -2.24. The van der Waals surface area contributed by atoms with E-state index in [1.807, 2.05) is 55.5 Å². The fourth-order valence-corrected chi connectivity index (χ4v) is 3.52. The van der Waals surface area contributed by atoms with E-state index in [2.05, 4.69) is 5.32 Å². The molecule has 0 heterocycles. The molecular weight excluding hydrogens is 421 g/mol. The molecule has 1 atom stereocenters. The molecule has 0 saturated carbocycles. The molecule has 4 nitrogen and oxygen atoms in total. The van der Waals surface area contributed by atoms with Crippen LogP contribution >= 0.6 is 23.2 Å². The number of hydrogen-bond acceptors (Lipinski definition) is 4. The van der Waals surface area contributed by atoms with E-state index in [4.69, 9.17) is 32.7 Å². The maximum absolute atomic E-state index is 10.3. The summed E-state index contributed by atoms with van der Waals surface area (Å²) in [6.45, 7) is 3.75. The van der Waals surface area contributed by atoms with Gasteiger partial charge in [-0.1, -0.05) is 65.7 Å². The predicted octanol–water partition coefficient (Wildman–Crippen LogP) is 5.79. The molecule has 0 aliphatic heterocycles. The second kappa shape index (κ2) is 11.2. The van der Waals surface area contributed by atoms with Crippen molar-refractivity contribution in [2.75, 3.05) is 13.2 Å². The summed E-state index contributed by atoms with van der Waals surface area (Å²) in [7, 11) is 0. The number of rotatable bonds is 10. The van der Waals surface area contributed by atoms with Crippen LogP contribution in [-0.2, 0) is 13.2 Å². The fourth-order valence-electron chi connectivity index (χ4n) is 3.02. The summed E-state index contributed by atoms with van der Waals surface area (Å²) in [5.74, 6) is 1.28. The molecule has 3 aromatic rings. The lowest BCUT2D eigenvalue weighted by Gasteiger charge is -2.16. The maximum atomic E-state index is 10.3. The number of benzene rings is 3. The Morgan fingerprint density at radius 1 is 0.900 bits per heavy atom. The normalized spacial score (nSPS) is 11.9. The van der Waals surface area contributed by atoms with Gasteiger partial charge in [-0.15, -0.1) is 0 Å². The highest BCUT2D eigenvalue weighted by atomic mass is 35.5. The molecule has 0 aliphatic rings. The van der Waals surface area contributed by atoms with E-state index in [0.29, 0.717) is 41.2 Å². The van der Waals surface area contributed by atoms with Crippen LogP contribution in [0.5, 0.6) is 11.5 Å². The molecule has 0 radical (unpaired) electrons. The van der Waals surface area contributed by atoms with Crippen LogP contribution < -0.4 is 14.8 Å². The van der Waals surface area contributed by atoms with Crippen molar-refractivity contribution in [3.8, 4) is 11.5 Å². The third-order valence-electron chi connectivity index (χ3n) is 4.59. The zero-order valence-corrected chi connectivity index (χ0v) is 18.3. The summed E-state index contributed by atoms with van der Waals surface area (Å²) in [4.78, 5) is 0. The van der Waals surface area contributed by atoms with Gasteiger partial charge in [-0.3, -0.25) is 0 Å². The van der Waals surface area contributed by atoms with Gasteiger partial charge in [0.05, 0.1) is 12.7 Å². The molecule has 0 spiro atoms. The van der Waals surface area contributed by atoms with Crippen molar-refractivity contribution in [3.63, 3.8) is 0 Å². The average molecular weight is 446 g/mol. The molecular formula is C24H25Cl2NO3. The van der Waals surface area contributed by atoms with Gasteiger partial charge in [0, 0.05) is 28.7 Å². The van der Waals surface area contributed by atoms with Gasteiger partial charge in [0.2, 0.25) is 0 Å². The van der Waals surface area contributed by atoms with Gasteiger partial charge in [-0.25, -0.2) is 0 Å². The molecule has 30 heavy (non-hydrogen) atoms. The quantitative estimate of drug-likeness (QED) is 0.414. The van der Waals surface area contributed by atoms with Gasteiger partial charge in [0.1, 0.15) is 6.61 Å². The van der Waals surface area contributed by atoms with Crippen LogP contribution in [0.1, 0.15) is 29.7 Å². The SMILES string of the molecule is CCOc1cc(CNC[C@H](O)c2ccccc2)ccc1OCc1c(Cl)cccc1Cl. The van der Waals surface area contributed by atoms with E-state index in [0.717, 1.165) is 16.7 Å². The summed E-state index contributed by atoms with van der Waals surface area (Å²) in [5.41, 5.74) is 2.66. The van der Waals surface area contributed by atoms with E-state index in [1.54, 1.807) is 18.2 Å². The first-order chi connectivity index (χ1) is 14.6. The maximum Gasteiger partial charge on any atom is 0.161 e. The Bertz CT molecular complexity index is 930. The minimum atomic E-state index is -0.555. The summed E-state index contributed by atoms with van der Waals surface area (Å²) in [6, 6.07) is 20.8. The molecule has 0 bridgehead atoms. The molecule has 0 amide bonds. The lowest BCUT2D eigenvalue weighted by atomic mass is 10.1. The Kier molecular flexibility index (Phi) is 8.40. The van der Waals surface area contributed by atoms with Crippen LogP contribution in [0.15, 0.2) is 66.7 Å². The number of aliphatic hydroxyl groups is 1. The van der Waals surface area contributed by atoms with Crippen LogP contribution in [0, 0.1) is 0 Å². The minimum Gasteiger partial charge on any atom is -0.490 e.